The van der Waals surface area contributed by atoms with Crippen LogP contribution in [0, 0.1) is 0 Å². The van der Waals surface area contributed by atoms with Crippen LogP contribution in [0.4, 0.5) is 0 Å². The first kappa shape index (κ1) is 10.8. The van der Waals surface area contributed by atoms with Gasteiger partial charge < -0.3 is 10.2 Å². The van der Waals surface area contributed by atoms with Crippen LogP contribution in [0.5, 0.6) is 0 Å². The fourth-order valence-corrected chi connectivity index (χ4v) is 2.85. The highest BCUT2D eigenvalue weighted by Gasteiger charge is 2.16. The molecule has 0 saturated heterocycles. The number of thiophene rings is 2. The molecule has 0 aliphatic heterocycles. The molecule has 15 heavy (non-hydrogen) atoms. The van der Waals surface area contributed by atoms with Crippen LogP contribution in [-0.2, 0) is 0 Å². The summed E-state index contributed by atoms with van der Waals surface area (Å²) in [6.45, 7) is 0. The van der Waals surface area contributed by atoms with E-state index in [-0.39, 0.29) is 0 Å². The van der Waals surface area contributed by atoms with Crippen LogP contribution in [0.25, 0.3) is 0 Å². The highest BCUT2D eigenvalue weighted by Crippen LogP contribution is 2.30. The van der Waals surface area contributed by atoms with Crippen molar-refractivity contribution in [3.05, 3.63) is 44.8 Å². The number of aliphatic hydroxyl groups excluding tert-OH is 2. The lowest BCUT2D eigenvalue weighted by Gasteiger charge is -2.12. The van der Waals surface area contributed by atoms with Crippen molar-refractivity contribution >= 4 is 22.7 Å². The Morgan fingerprint density at radius 1 is 0.933 bits per heavy atom. The minimum atomic E-state index is -0.568. The van der Waals surface area contributed by atoms with E-state index in [9.17, 15) is 10.2 Å². The second-order valence-corrected chi connectivity index (χ2v) is 5.26. The van der Waals surface area contributed by atoms with Gasteiger partial charge in [0, 0.05) is 16.2 Å². The summed E-state index contributed by atoms with van der Waals surface area (Å²) in [5.74, 6) is 0. The van der Waals surface area contributed by atoms with Gasteiger partial charge in [-0.2, -0.15) is 0 Å². The molecule has 2 atom stereocenters. The van der Waals surface area contributed by atoms with E-state index in [1.807, 2.05) is 35.0 Å². The molecule has 2 N–H and O–H groups in total. The number of aliphatic hydroxyl groups is 2. The van der Waals surface area contributed by atoms with Crippen LogP contribution >= 0.6 is 22.7 Å². The van der Waals surface area contributed by atoms with E-state index >= 15 is 0 Å². The van der Waals surface area contributed by atoms with Crippen molar-refractivity contribution in [1.82, 2.24) is 0 Å². The third-order valence-electron chi connectivity index (χ3n) is 2.19. The normalized spacial score (nSPS) is 15.1. The zero-order valence-electron chi connectivity index (χ0n) is 8.04. The van der Waals surface area contributed by atoms with Crippen molar-refractivity contribution in [2.75, 3.05) is 0 Å². The lowest BCUT2D eigenvalue weighted by Crippen LogP contribution is -2.02. The first-order valence-corrected chi connectivity index (χ1v) is 6.46. The van der Waals surface area contributed by atoms with Gasteiger partial charge in [-0.1, -0.05) is 12.1 Å². The maximum absolute atomic E-state index is 9.83. The number of hydrogen-bond acceptors (Lipinski definition) is 4. The SMILES string of the molecule is O[C@@H](C[C@H](O)c1cccs1)c1cccs1. The smallest absolute Gasteiger partial charge is 0.0910 e. The summed E-state index contributed by atoms with van der Waals surface area (Å²) >= 11 is 3.03. The molecule has 0 spiro atoms. The van der Waals surface area contributed by atoms with E-state index < -0.39 is 12.2 Å². The van der Waals surface area contributed by atoms with Crippen LogP contribution in [0.2, 0.25) is 0 Å². The summed E-state index contributed by atoms with van der Waals surface area (Å²) in [7, 11) is 0. The fraction of sp³-hybridized carbons (Fsp3) is 0.273. The Bertz CT molecular complexity index is 342. The number of hydrogen-bond donors (Lipinski definition) is 2. The predicted octanol–water partition coefficient (Wildman–Crippen LogP) is 2.97. The fourth-order valence-electron chi connectivity index (χ4n) is 1.41. The quantitative estimate of drug-likeness (QED) is 0.862. The Labute approximate surface area is 96.5 Å². The molecule has 0 radical (unpaired) electrons. The van der Waals surface area contributed by atoms with Gasteiger partial charge in [-0.3, -0.25) is 0 Å². The van der Waals surface area contributed by atoms with Gasteiger partial charge in [0.2, 0.25) is 0 Å². The molecule has 0 aliphatic carbocycles. The topological polar surface area (TPSA) is 40.5 Å². The van der Waals surface area contributed by atoms with Gasteiger partial charge in [0.25, 0.3) is 0 Å². The average Bonchev–Trinajstić information content (AvgIpc) is 2.91. The monoisotopic (exact) mass is 240 g/mol. The van der Waals surface area contributed by atoms with E-state index in [4.69, 9.17) is 0 Å². The minimum absolute atomic E-state index is 0.362. The average molecular weight is 240 g/mol. The van der Waals surface area contributed by atoms with Gasteiger partial charge in [-0.25, -0.2) is 0 Å². The highest BCUT2D eigenvalue weighted by atomic mass is 32.1. The largest absolute Gasteiger partial charge is 0.387 e. The zero-order valence-corrected chi connectivity index (χ0v) is 9.67. The van der Waals surface area contributed by atoms with Crippen molar-refractivity contribution in [3.8, 4) is 0 Å². The van der Waals surface area contributed by atoms with Gasteiger partial charge in [-0.05, 0) is 22.9 Å². The van der Waals surface area contributed by atoms with E-state index in [2.05, 4.69) is 0 Å². The van der Waals surface area contributed by atoms with Crippen molar-refractivity contribution in [2.24, 2.45) is 0 Å². The third-order valence-corrected chi connectivity index (χ3v) is 4.14. The van der Waals surface area contributed by atoms with Crippen molar-refractivity contribution in [3.63, 3.8) is 0 Å². The summed E-state index contributed by atoms with van der Waals surface area (Å²) in [5, 5.41) is 23.5. The molecule has 2 aromatic rings. The molecule has 4 heteroatoms. The van der Waals surface area contributed by atoms with Crippen LogP contribution in [0.3, 0.4) is 0 Å². The van der Waals surface area contributed by atoms with E-state index in [1.54, 1.807) is 0 Å². The van der Waals surface area contributed by atoms with Gasteiger partial charge in [0.1, 0.15) is 0 Å². The zero-order chi connectivity index (χ0) is 10.7. The summed E-state index contributed by atoms with van der Waals surface area (Å²) in [4.78, 5) is 1.82. The molecule has 0 amide bonds. The molecule has 0 bridgehead atoms. The molecule has 0 aromatic carbocycles. The molecule has 2 nitrogen and oxygen atoms in total. The van der Waals surface area contributed by atoms with E-state index in [0.29, 0.717) is 6.42 Å². The highest BCUT2D eigenvalue weighted by molar-refractivity contribution is 7.10. The van der Waals surface area contributed by atoms with Crippen LogP contribution < -0.4 is 0 Å². The van der Waals surface area contributed by atoms with Crippen molar-refractivity contribution in [2.45, 2.75) is 18.6 Å². The first-order valence-electron chi connectivity index (χ1n) is 4.70. The molecular weight excluding hydrogens is 228 g/mol. The summed E-state index contributed by atoms with van der Waals surface area (Å²) in [6.07, 6.45) is -0.773. The molecule has 2 aromatic heterocycles. The van der Waals surface area contributed by atoms with Gasteiger partial charge >= 0.3 is 0 Å². The number of rotatable bonds is 4. The Morgan fingerprint density at radius 3 is 1.73 bits per heavy atom. The van der Waals surface area contributed by atoms with Gasteiger partial charge in [0.15, 0.2) is 0 Å². The Morgan fingerprint density at radius 2 is 1.40 bits per heavy atom. The Kier molecular flexibility index (Phi) is 3.53. The summed E-state index contributed by atoms with van der Waals surface area (Å²) in [5.41, 5.74) is 0. The van der Waals surface area contributed by atoms with Gasteiger partial charge in [0.05, 0.1) is 12.2 Å². The molecule has 2 heterocycles. The minimum Gasteiger partial charge on any atom is -0.387 e. The molecule has 2 rings (SSSR count). The summed E-state index contributed by atoms with van der Waals surface area (Å²) < 4.78 is 0. The maximum atomic E-state index is 9.83. The molecule has 0 saturated carbocycles. The third kappa shape index (κ3) is 2.66. The molecule has 80 valence electrons. The molecule has 0 fully saturated rings. The lowest BCUT2D eigenvalue weighted by atomic mass is 10.1. The van der Waals surface area contributed by atoms with E-state index in [1.165, 1.54) is 22.7 Å². The summed E-state index contributed by atoms with van der Waals surface area (Å²) in [6, 6.07) is 7.58. The van der Waals surface area contributed by atoms with Crippen LogP contribution in [-0.4, -0.2) is 10.2 Å². The van der Waals surface area contributed by atoms with Crippen LogP contribution in [0.15, 0.2) is 35.0 Å². The van der Waals surface area contributed by atoms with Crippen LogP contribution in [0.1, 0.15) is 28.4 Å². The molecular formula is C11H12O2S2. The second kappa shape index (κ2) is 4.90. The first-order chi connectivity index (χ1) is 7.27. The lowest BCUT2D eigenvalue weighted by molar-refractivity contribution is 0.0844. The van der Waals surface area contributed by atoms with Crippen molar-refractivity contribution < 1.29 is 10.2 Å². The molecule has 0 unspecified atom stereocenters. The maximum Gasteiger partial charge on any atom is 0.0910 e. The van der Waals surface area contributed by atoms with Gasteiger partial charge in [-0.15, -0.1) is 22.7 Å². The molecule has 0 aliphatic rings. The Balaban J connectivity index is 1.98. The standard InChI is InChI=1S/C11H12O2S2/c12-8(10-3-1-5-14-10)7-9(13)11-4-2-6-15-11/h1-6,8-9,12-13H,7H2/t8-,9-/m0/s1. The Hall–Kier alpha value is -0.680. The second-order valence-electron chi connectivity index (χ2n) is 3.30. The van der Waals surface area contributed by atoms with E-state index in [0.717, 1.165) is 9.75 Å². The predicted molar refractivity (Wildman–Crippen MR) is 63.2 cm³/mol. The van der Waals surface area contributed by atoms with Crippen molar-refractivity contribution in [1.29, 1.82) is 0 Å².